The van der Waals surface area contributed by atoms with Crippen molar-refractivity contribution in [2.24, 2.45) is 0 Å². The van der Waals surface area contributed by atoms with Gasteiger partial charge in [-0.05, 0) is 81.8 Å². The number of pyridine rings is 1. The van der Waals surface area contributed by atoms with Crippen LogP contribution in [0.25, 0.3) is 55.9 Å². The van der Waals surface area contributed by atoms with Crippen LogP contribution in [0, 0.1) is 0 Å². The van der Waals surface area contributed by atoms with Crippen molar-refractivity contribution in [1.82, 2.24) is 4.98 Å². The molecule has 10 rings (SSSR count). The van der Waals surface area contributed by atoms with Gasteiger partial charge in [0.2, 0.25) is 0 Å². The highest BCUT2D eigenvalue weighted by Crippen LogP contribution is 2.51. The highest BCUT2D eigenvalue weighted by molar-refractivity contribution is 6.86. The van der Waals surface area contributed by atoms with Crippen molar-refractivity contribution in [3.8, 4) is 55.9 Å². The summed E-state index contributed by atoms with van der Waals surface area (Å²) >= 11 is 0. The summed E-state index contributed by atoms with van der Waals surface area (Å²) in [7, 11) is 0. The van der Waals surface area contributed by atoms with E-state index in [0.717, 1.165) is 39.3 Å². The highest BCUT2D eigenvalue weighted by atomic mass is 15.3. The molecule has 238 valence electrons. The first-order chi connectivity index (χ1) is 25.3. The molecule has 2 aliphatic heterocycles. The Morgan fingerprint density at radius 2 is 0.824 bits per heavy atom. The zero-order valence-corrected chi connectivity index (χ0v) is 27.9. The maximum absolute atomic E-state index is 5.11. The van der Waals surface area contributed by atoms with Crippen molar-refractivity contribution in [1.29, 1.82) is 0 Å². The van der Waals surface area contributed by atoms with Crippen molar-refractivity contribution in [2.45, 2.75) is 0 Å². The molecule has 0 radical (unpaired) electrons. The smallest absolute Gasteiger partial charge is 0.360 e. The van der Waals surface area contributed by atoms with E-state index in [9.17, 15) is 0 Å². The number of anilines is 4. The molecule has 0 atom stereocenters. The number of aromatic nitrogens is 1. The van der Waals surface area contributed by atoms with E-state index in [0.29, 0.717) is 0 Å². The average molecular weight is 650 g/mol. The van der Waals surface area contributed by atoms with Gasteiger partial charge in [-0.1, -0.05) is 146 Å². The lowest BCUT2D eigenvalue weighted by atomic mass is 9.59. The van der Waals surface area contributed by atoms with Crippen LogP contribution in [0.1, 0.15) is 0 Å². The minimum atomic E-state index is -0.000261. The van der Waals surface area contributed by atoms with Gasteiger partial charge >= 0.3 is 6.98 Å². The van der Waals surface area contributed by atoms with Crippen LogP contribution >= 0.6 is 0 Å². The van der Waals surface area contributed by atoms with E-state index in [1.165, 1.54) is 44.8 Å². The van der Waals surface area contributed by atoms with Crippen LogP contribution in [0.4, 0.5) is 22.7 Å². The van der Waals surface area contributed by atoms with Gasteiger partial charge in [-0.15, -0.1) is 0 Å². The molecule has 0 amide bonds. The van der Waals surface area contributed by atoms with Crippen LogP contribution in [-0.2, 0) is 0 Å². The maximum atomic E-state index is 5.11. The summed E-state index contributed by atoms with van der Waals surface area (Å²) in [5.74, 6) is 0. The fourth-order valence-corrected chi connectivity index (χ4v) is 7.87. The summed E-state index contributed by atoms with van der Waals surface area (Å²) < 4.78 is 0. The minimum Gasteiger partial charge on any atom is -0.360 e. The predicted octanol–water partition coefficient (Wildman–Crippen LogP) is 11.4. The zero-order valence-electron chi connectivity index (χ0n) is 27.9. The van der Waals surface area contributed by atoms with Gasteiger partial charge in [0.25, 0.3) is 0 Å². The van der Waals surface area contributed by atoms with Gasteiger partial charge in [-0.25, -0.2) is 4.98 Å². The van der Waals surface area contributed by atoms with E-state index >= 15 is 0 Å². The minimum absolute atomic E-state index is 0.000261. The third-order valence-corrected chi connectivity index (χ3v) is 10.2. The Morgan fingerprint density at radius 3 is 1.51 bits per heavy atom. The number of nitrogens with zero attached hydrogens (tertiary/aromatic N) is 3. The van der Waals surface area contributed by atoms with Gasteiger partial charge in [-0.2, -0.15) is 0 Å². The van der Waals surface area contributed by atoms with E-state index < -0.39 is 0 Å². The molecule has 0 bridgehead atoms. The van der Waals surface area contributed by atoms with E-state index in [-0.39, 0.29) is 6.98 Å². The Bertz CT molecular complexity index is 2510. The lowest BCUT2D eigenvalue weighted by Crippen LogP contribution is -2.55. The maximum Gasteiger partial charge on any atom is 0.421 e. The van der Waals surface area contributed by atoms with Crippen LogP contribution in [0.15, 0.2) is 194 Å². The predicted molar refractivity (Wildman–Crippen MR) is 214 cm³/mol. The largest absolute Gasteiger partial charge is 0.421 e. The third-order valence-electron chi connectivity index (χ3n) is 10.2. The summed E-state index contributed by atoms with van der Waals surface area (Å²) in [5.41, 5.74) is 17.5. The van der Waals surface area contributed by atoms with Crippen molar-refractivity contribution in [2.75, 3.05) is 9.62 Å². The summed E-state index contributed by atoms with van der Waals surface area (Å²) in [6, 6.07) is 69.7. The summed E-state index contributed by atoms with van der Waals surface area (Å²) in [4.78, 5) is 10.1. The first kappa shape index (κ1) is 29.3. The van der Waals surface area contributed by atoms with Gasteiger partial charge in [-0.3, -0.25) is 0 Å². The van der Waals surface area contributed by atoms with Crippen molar-refractivity contribution >= 4 is 35.2 Å². The molecule has 0 aliphatic carbocycles. The normalized spacial score (nSPS) is 12.6. The Kier molecular flexibility index (Phi) is 6.92. The summed E-state index contributed by atoms with van der Waals surface area (Å²) in [6.45, 7) is -0.000261. The topological polar surface area (TPSA) is 19.4 Å². The molecule has 0 fully saturated rings. The quantitative estimate of drug-likeness (QED) is 0.173. The van der Waals surface area contributed by atoms with Gasteiger partial charge < -0.3 is 9.62 Å². The van der Waals surface area contributed by atoms with Crippen molar-refractivity contribution in [3.63, 3.8) is 0 Å². The Labute approximate surface area is 298 Å². The van der Waals surface area contributed by atoms with Crippen LogP contribution in [0.5, 0.6) is 0 Å². The first-order valence-corrected chi connectivity index (χ1v) is 17.5. The van der Waals surface area contributed by atoms with Crippen LogP contribution < -0.4 is 15.1 Å². The molecule has 3 nitrogen and oxygen atoms in total. The number of para-hydroxylation sites is 3. The SMILES string of the molecule is c1ccc(-c2cc(-c3cccc(-c4cccc(N5B6c7ccccc7-c7ccccc7N6c6ccccc65)c4)c3)cc(-c3ccccc3)n2)cc1. The molecule has 4 heteroatoms. The summed E-state index contributed by atoms with van der Waals surface area (Å²) in [6.07, 6.45) is 0. The number of hydrogen-bond donors (Lipinski definition) is 0. The highest BCUT2D eigenvalue weighted by Gasteiger charge is 2.47. The van der Waals surface area contributed by atoms with E-state index in [1.54, 1.807) is 0 Å². The second kappa shape index (κ2) is 12.0. The van der Waals surface area contributed by atoms with Crippen molar-refractivity contribution < 1.29 is 0 Å². The zero-order chi connectivity index (χ0) is 33.7. The van der Waals surface area contributed by atoms with E-state index in [2.05, 4.69) is 192 Å². The Morgan fingerprint density at radius 1 is 0.333 bits per heavy atom. The fraction of sp³-hybridized carbons (Fsp3) is 0. The Balaban J connectivity index is 1.08. The molecule has 8 aromatic rings. The lowest BCUT2D eigenvalue weighted by molar-refractivity contribution is 1.32. The molecular formula is C47H32BN3. The molecule has 2 aliphatic rings. The monoisotopic (exact) mass is 649 g/mol. The van der Waals surface area contributed by atoms with Gasteiger partial charge in [0.05, 0.1) is 22.8 Å². The number of benzene rings is 7. The molecule has 0 saturated carbocycles. The number of fused-ring (bicyclic) bond motifs is 8. The lowest BCUT2D eigenvalue weighted by Gasteiger charge is -2.36. The van der Waals surface area contributed by atoms with Gasteiger partial charge in [0.15, 0.2) is 0 Å². The first-order valence-electron chi connectivity index (χ1n) is 17.5. The molecule has 7 aromatic carbocycles. The van der Waals surface area contributed by atoms with Crippen molar-refractivity contribution in [3.05, 3.63) is 194 Å². The molecule has 0 spiro atoms. The molecule has 0 saturated heterocycles. The van der Waals surface area contributed by atoms with E-state index in [1.807, 2.05) is 12.1 Å². The average Bonchev–Trinajstić information content (AvgIpc) is 3.57. The van der Waals surface area contributed by atoms with Gasteiger partial charge in [0, 0.05) is 28.1 Å². The molecule has 0 N–H and O–H groups in total. The molecule has 3 heterocycles. The molecule has 51 heavy (non-hydrogen) atoms. The summed E-state index contributed by atoms with van der Waals surface area (Å²) in [5, 5.41) is 0. The molecule has 0 unspecified atom stereocenters. The fourth-order valence-electron chi connectivity index (χ4n) is 7.87. The van der Waals surface area contributed by atoms with Crippen LogP contribution in [0.2, 0.25) is 0 Å². The van der Waals surface area contributed by atoms with Crippen LogP contribution in [0.3, 0.4) is 0 Å². The second-order valence-corrected chi connectivity index (χ2v) is 13.2. The number of hydrogen-bond acceptors (Lipinski definition) is 3. The Hall–Kier alpha value is -6.65. The number of rotatable bonds is 5. The standard InChI is InChI=1S/C47H32BN3/c1-3-15-33(16-4-1)43-31-38(32-44(49-43)34-17-5-2-6-18-34)36-20-13-19-35(29-36)37-21-14-22-39(30-37)50-46-27-11-12-28-47(46)51-45-26-10-8-24-41(45)40-23-7-9-25-42(40)48(50)51/h1-32H. The van der Waals surface area contributed by atoms with Gasteiger partial charge in [0.1, 0.15) is 0 Å². The van der Waals surface area contributed by atoms with E-state index in [4.69, 9.17) is 4.98 Å². The molecule has 1 aromatic heterocycles. The third kappa shape index (κ3) is 4.95. The van der Waals surface area contributed by atoms with Crippen LogP contribution in [-0.4, -0.2) is 12.0 Å². The molecular weight excluding hydrogens is 617 g/mol. The second-order valence-electron chi connectivity index (χ2n) is 13.2.